The highest BCUT2D eigenvalue weighted by molar-refractivity contribution is 6.02. The van der Waals surface area contributed by atoms with Gasteiger partial charge in [-0.05, 0) is 59.2 Å². The number of carbonyl (C=O) groups excluding carboxylic acids is 1. The van der Waals surface area contributed by atoms with Crippen molar-refractivity contribution in [3.05, 3.63) is 71.3 Å². The van der Waals surface area contributed by atoms with Crippen molar-refractivity contribution in [3.63, 3.8) is 0 Å². The van der Waals surface area contributed by atoms with Crippen LogP contribution in [0.5, 0.6) is 34.5 Å². The van der Waals surface area contributed by atoms with E-state index < -0.39 is 5.91 Å². The smallest absolute Gasteiger partial charge is 0.248 e. The van der Waals surface area contributed by atoms with E-state index in [0.717, 1.165) is 11.1 Å². The monoisotopic (exact) mass is 477 g/mol. The van der Waals surface area contributed by atoms with Crippen molar-refractivity contribution in [1.82, 2.24) is 0 Å². The van der Waals surface area contributed by atoms with Crippen LogP contribution < -0.4 is 24.3 Å². The highest BCUT2D eigenvalue weighted by Gasteiger charge is 2.12. The van der Waals surface area contributed by atoms with E-state index in [4.69, 9.17) is 18.9 Å². The molecule has 182 valence electrons. The molecule has 8 nitrogen and oxygen atoms in total. The number of aromatic hydroxyl groups is 2. The molecule has 35 heavy (non-hydrogen) atoms. The lowest BCUT2D eigenvalue weighted by molar-refractivity contribution is -0.111. The molecule has 0 aromatic heterocycles. The van der Waals surface area contributed by atoms with Crippen molar-refractivity contribution in [2.45, 2.75) is 0 Å². The Morgan fingerprint density at radius 3 is 1.83 bits per heavy atom. The van der Waals surface area contributed by atoms with Crippen LogP contribution in [0, 0.1) is 0 Å². The number of amides is 1. The van der Waals surface area contributed by atoms with E-state index in [2.05, 4.69) is 5.32 Å². The van der Waals surface area contributed by atoms with Crippen molar-refractivity contribution < 1.29 is 34.0 Å². The average molecular weight is 478 g/mol. The van der Waals surface area contributed by atoms with Crippen LogP contribution in [-0.4, -0.2) is 44.6 Å². The van der Waals surface area contributed by atoms with Crippen LogP contribution in [0.4, 0.5) is 5.69 Å². The quantitative estimate of drug-likeness (QED) is 0.227. The Morgan fingerprint density at radius 2 is 1.26 bits per heavy atom. The number of anilines is 1. The minimum Gasteiger partial charge on any atom is -0.506 e. The summed E-state index contributed by atoms with van der Waals surface area (Å²) >= 11 is 0. The van der Waals surface area contributed by atoms with Crippen molar-refractivity contribution >= 4 is 29.8 Å². The molecule has 3 aromatic carbocycles. The van der Waals surface area contributed by atoms with E-state index in [0.29, 0.717) is 28.6 Å². The van der Waals surface area contributed by atoms with E-state index in [1.54, 1.807) is 63.8 Å². The van der Waals surface area contributed by atoms with Crippen LogP contribution in [0.2, 0.25) is 0 Å². The lowest BCUT2D eigenvalue weighted by Crippen LogP contribution is -2.07. The number of benzene rings is 3. The van der Waals surface area contributed by atoms with Crippen LogP contribution in [0.15, 0.2) is 54.6 Å². The molecule has 0 fully saturated rings. The molecule has 0 aliphatic rings. The topological polar surface area (TPSA) is 106 Å². The van der Waals surface area contributed by atoms with E-state index in [1.807, 2.05) is 12.2 Å². The minimum absolute atomic E-state index is 0.0251. The molecule has 0 bridgehead atoms. The summed E-state index contributed by atoms with van der Waals surface area (Å²) in [6.07, 6.45) is 6.49. The van der Waals surface area contributed by atoms with E-state index >= 15 is 0 Å². The summed E-state index contributed by atoms with van der Waals surface area (Å²) in [6, 6.07) is 13.3. The fourth-order valence-corrected chi connectivity index (χ4v) is 3.31. The van der Waals surface area contributed by atoms with Gasteiger partial charge >= 0.3 is 0 Å². The Hall–Kier alpha value is -4.59. The van der Waals surface area contributed by atoms with Gasteiger partial charge in [-0.3, -0.25) is 4.79 Å². The molecule has 0 saturated carbocycles. The minimum atomic E-state index is -0.434. The first kappa shape index (κ1) is 25.0. The Bertz CT molecular complexity index is 1240. The summed E-state index contributed by atoms with van der Waals surface area (Å²) in [6.45, 7) is 0. The number of phenolic OH excluding ortho intramolecular Hbond substituents is 2. The average Bonchev–Trinajstić information content (AvgIpc) is 2.87. The van der Waals surface area contributed by atoms with Crippen LogP contribution in [-0.2, 0) is 4.79 Å². The number of rotatable bonds is 9. The van der Waals surface area contributed by atoms with Gasteiger partial charge in [-0.15, -0.1) is 0 Å². The van der Waals surface area contributed by atoms with Gasteiger partial charge in [0.1, 0.15) is 5.75 Å². The second-order valence-corrected chi connectivity index (χ2v) is 7.32. The molecule has 0 heterocycles. The van der Waals surface area contributed by atoms with Crippen LogP contribution in [0.1, 0.15) is 16.7 Å². The van der Waals surface area contributed by atoms with Gasteiger partial charge in [-0.25, -0.2) is 0 Å². The van der Waals surface area contributed by atoms with Gasteiger partial charge in [0, 0.05) is 6.08 Å². The molecule has 3 aromatic rings. The third-order valence-electron chi connectivity index (χ3n) is 5.07. The SMILES string of the molecule is COc1ccc(/C=C/C(=O)Nc2ccc(C=Cc3cc(OC)c(OC)c(OC)c3)cc2O)cc1O. The Kier molecular flexibility index (Phi) is 8.24. The Balaban J connectivity index is 1.70. The lowest BCUT2D eigenvalue weighted by atomic mass is 10.1. The zero-order chi connectivity index (χ0) is 25.4. The summed E-state index contributed by atoms with van der Waals surface area (Å²) < 4.78 is 21.1. The molecule has 0 spiro atoms. The van der Waals surface area contributed by atoms with Gasteiger partial charge in [0.25, 0.3) is 0 Å². The third kappa shape index (κ3) is 6.26. The fourth-order valence-electron chi connectivity index (χ4n) is 3.31. The molecule has 8 heteroatoms. The molecular formula is C27H27NO7. The zero-order valence-corrected chi connectivity index (χ0v) is 19.9. The van der Waals surface area contributed by atoms with Gasteiger partial charge in [-0.2, -0.15) is 0 Å². The van der Waals surface area contributed by atoms with Crippen LogP contribution in [0.3, 0.4) is 0 Å². The third-order valence-corrected chi connectivity index (χ3v) is 5.07. The second-order valence-electron chi connectivity index (χ2n) is 7.32. The summed E-state index contributed by atoms with van der Waals surface area (Å²) in [5.74, 6) is 1.37. The first-order valence-corrected chi connectivity index (χ1v) is 10.6. The summed E-state index contributed by atoms with van der Waals surface area (Å²) in [5, 5.41) is 22.8. The molecule has 0 unspecified atom stereocenters. The lowest BCUT2D eigenvalue weighted by Gasteiger charge is -2.12. The maximum atomic E-state index is 12.3. The van der Waals surface area contributed by atoms with Crippen LogP contribution >= 0.6 is 0 Å². The summed E-state index contributed by atoms with van der Waals surface area (Å²) in [4.78, 5) is 12.3. The number of methoxy groups -OCH3 is 4. The highest BCUT2D eigenvalue weighted by atomic mass is 16.5. The number of hydrogen-bond acceptors (Lipinski definition) is 7. The van der Waals surface area contributed by atoms with Crippen molar-refractivity contribution in [2.24, 2.45) is 0 Å². The number of carbonyl (C=O) groups is 1. The number of nitrogens with one attached hydrogen (secondary N) is 1. The Morgan fingerprint density at radius 1 is 0.686 bits per heavy atom. The first-order valence-electron chi connectivity index (χ1n) is 10.6. The van der Waals surface area contributed by atoms with Gasteiger partial charge in [0.2, 0.25) is 11.7 Å². The molecular weight excluding hydrogens is 450 g/mol. The molecule has 3 rings (SSSR count). The standard InChI is InChI=1S/C27H27NO7/c1-32-23-11-8-18(14-22(23)30)9-12-26(31)28-20-10-7-17(13-21(20)29)5-6-19-15-24(33-2)27(35-4)25(16-19)34-3/h5-16,29-30H,1-4H3,(H,28,31)/b6-5?,12-9+. The maximum Gasteiger partial charge on any atom is 0.248 e. The van der Waals surface area contributed by atoms with Crippen molar-refractivity contribution in [1.29, 1.82) is 0 Å². The van der Waals surface area contributed by atoms with E-state index in [-0.39, 0.29) is 17.2 Å². The zero-order valence-electron chi connectivity index (χ0n) is 19.9. The molecule has 0 aliphatic heterocycles. The predicted octanol–water partition coefficient (Wildman–Crippen LogP) is 4.95. The number of ether oxygens (including phenoxy) is 4. The molecule has 0 radical (unpaired) electrons. The normalized spacial score (nSPS) is 11.0. The van der Waals surface area contributed by atoms with Crippen molar-refractivity contribution in [2.75, 3.05) is 33.8 Å². The van der Waals surface area contributed by atoms with E-state index in [1.165, 1.54) is 25.3 Å². The first-order chi connectivity index (χ1) is 16.9. The van der Waals surface area contributed by atoms with Gasteiger partial charge < -0.3 is 34.5 Å². The molecule has 0 aliphatic carbocycles. The maximum absolute atomic E-state index is 12.3. The summed E-state index contributed by atoms with van der Waals surface area (Å²) in [5.41, 5.74) is 2.42. The van der Waals surface area contributed by atoms with E-state index in [9.17, 15) is 15.0 Å². The largest absolute Gasteiger partial charge is 0.506 e. The number of phenols is 2. The van der Waals surface area contributed by atoms with Crippen molar-refractivity contribution in [3.8, 4) is 34.5 Å². The molecule has 0 atom stereocenters. The molecule has 1 amide bonds. The number of hydrogen-bond donors (Lipinski definition) is 3. The molecule has 3 N–H and O–H groups in total. The van der Waals surface area contributed by atoms with Gasteiger partial charge in [0.05, 0.1) is 34.1 Å². The predicted molar refractivity (Wildman–Crippen MR) is 135 cm³/mol. The second kappa shape index (κ2) is 11.5. The Labute approximate surface area is 203 Å². The fraction of sp³-hybridized carbons (Fsp3) is 0.148. The van der Waals surface area contributed by atoms with Crippen LogP contribution in [0.25, 0.3) is 18.2 Å². The summed E-state index contributed by atoms with van der Waals surface area (Å²) in [7, 11) is 6.09. The van der Waals surface area contributed by atoms with Gasteiger partial charge in [-0.1, -0.05) is 24.3 Å². The highest BCUT2D eigenvalue weighted by Crippen LogP contribution is 2.38. The molecule has 0 saturated heterocycles. The van der Waals surface area contributed by atoms with Gasteiger partial charge in [0.15, 0.2) is 23.0 Å².